The zero-order valence-corrected chi connectivity index (χ0v) is 19.8. The molecule has 172 valence electrons. The minimum Gasteiger partial charge on any atom is -0.384 e. The number of nitriles is 1. The number of fused-ring (bicyclic) bond motifs is 2. The first kappa shape index (κ1) is 22.1. The summed E-state index contributed by atoms with van der Waals surface area (Å²) in [7, 11) is 0. The molecule has 33 heavy (non-hydrogen) atoms. The molecule has 1 fully saturated rings. The highest BCUT2D eigenvalue weighted by Crippen LogP contribution is 2.45. The van der Waals surface area contributed by atoms with Crippen molar-refractivity contribution < 1.29 is 4.39 Å². The van der Waals surface area contributed by atoms with Crippen molar-refractivity contribution in [3.05, 3.63) is 46.8 Å². The number of anilines is 1. The fourth-order valence-corrected chi connectivity index (χ4v) is 6.34. The van der Waals surface area contributed by atoms with Gasteiger partial charge in [-0.3, -0.25) is 4.99 Å². The van der Waals surface area contributed by atoms with Crippen LogP contribution in [0.25, 0.3) is 11.1 Å². The van der Waals surface area contributed by atoms with Gasteiger partial charge < -0.3 is 5.32 Å². The van der Waals surface area contributed by atoms with Crippen LogP contribution in [0.4, 0.5) is 15.8 Å². The first-order chi connectivity index (χ1) is 16.1. The van der Waals surface area contributed by atoms with E-state index in [1.54, 1.807) is 6.07 Å². The Hall–Kier alpha value is -2.67. The van der Waals surface area contributed by atoms with Gasteiger partial charge in [-0.2, -0.15) is 5.26 Å². The predicted octanol–water partition coefficient (Wildman–Crippen LogP) is 7.57. The highest BCUT2D eigenvalue weighted by molar-refractivity contribution is 5.82. The number of rotatable bonds is 5. The Kier molecular flexibility index (Phi) is 6.23. The largest absolute Gasteiger partial charge is 0.384 e. The van der Waals surface area contributed by atoms with Gasteiger partial charge in [-0.05, 0) is 59.1 Å². The molecule has 0 amide bonds. The SMILES string of the molecule is CCC1CNc2c(CC#N)c(F)cc(-c3ccc4c(c3)N=CC(C(C)C3CCCCC3)C4)c21. The molecular formula is C29H34FN3. The van der Waals surface area contributed by atoms with Gasteiger partial charge in [0.1, 0.15) is 5.82 Å². The van der Waals surface area contributed by atoms with Gasteiger partial charge in [-0.15, -0.1) is 0 Å². The maximum atomic E-state index is 15.0. The molecule has 1 aliphatic carbocycles. The second kappa shape index (κ2) is 9.29. The first-order valence-electron chi connectivity index (χ1n) is 12.7. The highest BCUT2D eigenvalue weighted by Gasteiger charge is 2.31. The molecular weight excluding hydrogens is 409 g/mol. The van der Waals surface area contributed by atoms with Crippen LogP contribution in [-0.2, 0) is 12.8 Å². The van der Waals surface area contributed by atoms with Gasteiger partial charge in [0.25, 0.3) is 0 Å². The Morgan fingerprint density at radius 1 is 1.21 bits per heavy atom. The summed E-state index contributed by atoms with van der Waals surface area (Å²) >= 11 is 0. The van der Waals surface area contributed by atoms with Crippen LogP contribution < -0.4 is 5.32 Å². The Bertz CT molecular complexity index is 1110. The van der Waals surface area contributed by atoms with E-state index >= 15 is 4.39 Å². The Labute approximate surface area is 197 Å². The van der Waals surface area contributed by atoms with Gasteiger partial charge in [0.05, 0.1) is 18.2 Å². The van der Waals surface area contributed by atoms with E-state index in [4.69, 9.17) is 4.99 Å². The molecule has 0 radical (unpaired) electrons. The van der Waals surface area contributed by atoms with Crippen molar-refractivity contribution in [2.75, 3.05) is 11.9 Å². The van der Waals surface area contributed by atoms with E-state index in [-0.39, 0.29) is 12.2 Å². The van der Waals surface area contributed by atoms with Crippen molar-refractivity contribution in [1.82, 2.24) is 0 Å². The lowest BCUT2D eigenvalue weighted by Gasteiger charge is -2.33. The molecule has 4 heteroatoms. The van der Waals surface area contributed by atoms with E-state index in [1.807, 2.05) is 0 Å². The summed E-state index contributed by atoms with van der Waals surface area (Å²) in [6.45, 7) is 5.38. The van der Waals surface area contributed by atoms with Crippen LogP contribution in [0.1, 0.15) is 75.0 Å². The zero-order valence-electron chi connectivity index (χ0n) is 19.8. The lowest BCUT2D eigenvalue weighted by Crippen LogP contribution is -2.26. The summed E-state index contributed by atoms with van der Waals surface area (Å²) in [6, 6.07) is 10.3. The Balaban J connectivity index is 1.47. The lowest BCUT2D eigenvalue weighted by atomic mass is 9.73. The molecule has 2 aliphatic heterocycles. The second-order valence-corrected chi connectivity index (χ2v) is 10.2. The summed E-state index contributed by atoms with van der Waals surface area (Å²) in [4.78, 5) is 4.90. The molecule has 2 aromatic carbocycles. The number of hydrogen-bond donors (Lipinski definition) is 1. The van der Waals surface area contributed by atoms with Gasteiger partial charge >= 0.3 is 0 Å². The molecule has 0 saturated heterocycles. The molecule has 3 aliphatic rings. The molecule has 1 N–H and O–H groups in total. The molecule has 5 rings (SSSR count). The number of benzene rings is 2. The molecule has 2 aromatic rings. The highest BCUT2D eigenvalue weighted by atomic mass is 19.1. The van der Waals surface area contributed by atoms with E-state index < -0.39 is 0 Å². The zero-order chi connectivity index (χ0) is 22.9. The normalized spacial score (nSPS) is 22.8. The molecule has 1 saturated carbocycles. The minimum atomic E-state index is -0.294. The standard InChI is InChI=1S/C29H34FN3/c1-3-19-16-33-29-24(11-12-31)26(30)15-25(28(19)29)21-9-10-22-13-23(17-32-27(22)14-21)18(2)20-7-5-4-6-8-20/h9-10,14-15,17-20,23,33H,3-8,11,13,16H2,1-2H3. The Morgan fingerprint density at radius 3 is 2.79 bits per heavy atom. The maximum Gasteiger partial charge on any atom is 0.130 e. The van der Waals surface area contributed by atoms with Gasteiger partial charge in [-0.25, -0.2) is 4.39 Å². The average molecular weight is 444 g/mol. The molecule has 2 heterocycles. The quantitative estimate of drug-likeness (QED) is 0.518. The summed E-state index contributed by atoms with van der Waals surface area (Å²) < 4.78 is 15.0. The average Bonchev–Trinajstić information content (AvgIpc) is 3.29. The third-order valence-electron chi connectivity index (χ3n) is 8.43. The third kappa shape index (κ3) is 4.07. The van der Waals surface area contributed by atoms with Gasteiger partial charge in [0, 0.05) is 35.8 Å². The fourth-order valence-electron chi connectivity index (χ4n) is 6.34. The summed E-state index contributed by atoms with van der Waals surface area (Å²) in [5.41, 5.74) is 6.78. The van der Waals surface area contributed by atoms with Crippen molar-refractivity contribution in [3.63, 3.8) is 0 Å². The van der Waals surface area contributed by atoms with Crippen LogP contribution >= 0.6 is 0 Å². The number of nitrogens with one attached hydrogen (secondary N) is 1. The van der Waals surface area contributed by atoms with E-state index in [1.165, 1.54) is 37.7 Å². The van der Waals surface area contributed by atoms with Crippen LogP contribution in [0.15, 0.2) is 29.3 Å². The second-order valence-electron chi connectivity index (χ2n) is 10.2. The van der Waals surface area contributed by atoms with Crippen molar-refractivity contribution in [2.24, 2.45) is 22.7 Å². The van der Waals surface area contributed by atoms with Crippen LogP contribution in [0.3, 0.4) is 0 Å². The molecule has 3 atom stereocenters. The predicted molar refractivity (Wildman–Crippen MR) is 134 cm³/mol. The summed E-state index contributed by atoms with van der Waals surface area (Å²) in [6.07, 6.45) is 11.2. The molecule has 0 spiro atoms. The molecule has 0 bridgehead atoms. The van der Waals surface area contributed by atoms with E-state index in [9.17, 15) is 5.26 Å². The number of aliphatic imine (C=N–C) groups is 1. The van der Waals surface area contributed by atoms with Crippen LogP contribution in [0, 0.1) is 34.9 Å². The monoisotopic (exact) mass is 443 g/mol. The van der Waals surface area contributed by atoms with Crippen molar-refractivity contribution in [3.8, 4) is 17.2 Å². The number of halogens is 1. The van der Waals surface area contributed by atoms with Crippen molar-refractivity contribution >= 4 is 17.6 Å². The summed E-state index contributed by atoms with van der Waals surface area (Å²) in [5.74, 6) is 2.04. The van der Waals surface area contributed by atoms with Crippen LogP contribution in [0.2, 0.25) is 0 Å². The molecule has 3 nitrogen and oxygen atoms in total. The molecule has 0 aromatic heterocycles. The fraction of sp³-hybridized carbons (Fsp3) is 0.517. The van der Waals surface area contributed by atoms with E-state index in [2.05, 4.69) is 49.6 Å². The summed E-state index contributed by atoms with van der Waals surface area (Å²) in [5, 5.41) is 12.6. The Morgan fingerprint density at radius 2 is 2.03 bits per heavy atom. The third-order valence-corrected chi connectivity index (χ3v) is 8.43. The van der Waals surface area contributed by atoms with Crippen molar-refractivity contribution in [2.45, 2.75) is 71.1 Å². The first-order valence-corrected chi connectivity index (χ1v) is 12.7. The van der Waals surface area contributed by atoms with Crippen LogP contribution in [-0.4, -0.2) is 12.8 Å². The van der Waals surface area contributed by atoms with Gasteiger partial charge in [-0.1, -0.05) is 58.1 Å². The topological polar surface area (TPSA) is 48.2 Å². The van der Waals surface area contributed by atoms with Crippen molar-refractivity contribution in [1.29, 1.82) is 5.26 Å². The van der Waals surface area contributed by atoms with Gasteiger partial charge in [0.15, 0.2) is 0 Å². The van der Waals surface area contributed by atoms with Crippen LogP contribution in [0.5, 0.6) is 0 Å². The minimum absolute atomic E-state index is 0.0902. The molecule has 3 unspecified atom stereocenters. The smallest absolute Gasteiger partial charge is 0.130 e. The van der Waals surface area contributed by atoms with E-state index in [0.29, 0.717) is 23.3 Å². The van der Waals surface area contributed by atoms with Gasteiger partial charge in [0.2, 0.25) is 0 Å². The number of hydrogen-bond acceptors (Lipinski definition) is 3. The maximum absolute atomic E-state index is 15.0. The lowest BCUT2D eigenvalue weighted by molar-refractivity contribution is 0.228. The van der Waals surface area contributed by atoms with E-state index in [0.717, 1.165) is 53.4 Å². The number of nitrogens with zero attached hydrogens (tertiary/aromatic N) is 2.